The van der Waals surface area contributed by atoms with Crippen molar-refractivity contribution in [2.24, 2.45) is 11.3 Å². The number of amides is 2. The van der Waals surface area contributed by atoms with Crippen molar-refractivity contribution < 1.29 is 19.1 Å². The van der Waals surface area contributed by atoms with Crippen LogP contribution in [0.3, 0.4) is 0 Å². The zero-order valence-electron chi connectivity index (χ0n) is 13.9. The second kappa shape index (κ2) is 6.41. The van der Waals surface area contributed by atoms with E-state index in [0.29, 0.717) is 37.4 Å². The largest absolute Gasteiger partial charge is 0.467 e. The number of ether oxygens (including phenoxy) is 1. The molecule has 2 aliphatic carbocycles. The summed E-state index contributed by atoms with van der Waals surface area (Å²) in [5.41, 5.74) is 0.394. The maximum atomic E-state index is 12.6. The van der Waals surface area contributed by atoms with Gasteiger partial charge in [0.15, 0.2) is 0 Å². The maximum Gasteiger partial charge on any atom is 0.317 e. The molecule has 2 atom stereocenters. The number of hydrogen-bond acceptors (Lipinski definition) is 4. The fourth-order valence-electron chi connectivity index (χ4n) is 3.91. The Balaban J connectivity index is 1.33. The van der Waals surface area contributed by atoms with E-state index in [-0.39, 0.29) is 12.1 Å². The van der Waals surface area contributed by atoms with E-state index in [1.807, 2.05) is 4.90 Å². The normalized spacial score (nSPS) is 26.9. The third-order valence-corrected chi connectivity index (χ3v) is 5.78. The van der Waals surface area contributed by atoms with Crippen LogP contribution in [0.25, 0.3) is 0 Å². The molecular formula is C18H26N2O4. The number of morpholine rings is 1. The fourth-order valence-corrected chi connectivity index (χ4v) is 3.91. The smallest absolute Gasteiger partial charge is 0.317 e. The van der Waals surface area contributed by atoms with Crippen LogP contribution in [0.2, 0.25) is 0 Å². The lowest BCUT2D eigenvalue weighted by atomic mass is 10.0. The molecule has 2 N–H and O–H groups in total. The van der Waals surface area contributed by atoms with Crippen molar-refractivity contribution in [3.05, 3.63) is 24.2 Å². The summed E-state index contributed by atoms with van der Waals surface area (Å²) in [4.78, 5) is 14.5. The summed E-state index contributed by atoms with van der Waals surface area (Å²) in [6, 6.07) is 3.36. The third-order valence-electron chi connectivity index (χ3n) is 5.78. The van der Waals surface area contributed by atoms with Crippen molar-refractivity contribution in [3.8, 4) is 0 Å². The van der Waals surface area contributed by atoms with Crippen molar-refractivity contribution in [2.45, 2.75) is 44.2 Å². The van der Waals surface area contributed by atoms with Gasteiger partial charge in [-0.25, -0.2) is 4.79 Å². The van der Waals surface area contributed by atoms with Gasteiger partial charge in [0.05, 0.1) is 25.5 Å². The molecule has 0 bridgehead atoms. The molecule has 1 aromatic heterocycles. The monoisotopic (exact) mass is 334 g/mol. The summed E-state index contributed by atoms with van der Waals surface area (Å²) < 4.78 is 10.8. The van der Waals surface area contributed by atoms with E-state index < -0.39 is 6.10 Å². The molecule has 132 valence electrons. The molecule has 0 radical (unpaired) electrons. The zero-order valence-corrected chi connectivity index (χ0v) is 13.9. The minimum absolute atomic E-state index is 0.0260. The van der Waals surface area contributed by atoms with Gasteiger partial charge < -0.3 is 24.5 Å². The number of aliphatic hydroxyl groups is 1. The zero-order chi connectivity index (χ0) is 16.6. The Morgan fingerprint density at radius 1 is 1.46 bits per heavy atom. The number of urea groups is 1. The topological polar surface area (TPSA) is 74.9 Å². The molecule has 24 heavy (non-hydrogen) atoms. The Labute approximate surface area is 142 Å². The lowest BCUT2D eigenvalue weighted by Crippen LogP contribution is -2.53. The molecule has 0 aromatic carbocycles. The van der Waals surface area contributed by atoms with Crippen LogP contribution in [0.4, 0.5) is 4.79 Å². The molecule has 3 aliphatic rings. The summed E-state index contributed by atoms with van der Waals surface area (Å²) in [7, 11) is 0. The third kappa shape index (κ3) is 3.30. The summed E-state index contributed by atoms with van der Waals surface area (Å²) in [6.07, 6.45) is 6.41. The van der Waals surface area contributed by atoms with Gasteiger partial charge in [-0.05, 0) is 49.1 Å². The molecule has 6 nitrogen and oxygen atoms in total. The minimum atomic E-state index is -0.719. The Bertz CT molecular complexity index is 566. The number of nitrogens with one attached hydrogen (secondary N) is 1. The molecule has 1 saturated heterocycles. The first-order valence-corrected chi connectivity index (χ1v) is 9.02. The van der Waals surface area contributed by atoms with Gasteiger partial charge in [0.25, 0.3) is 0 Å². The van der Waals surface area contributed by atoms with Gasteiger partial charge in [-0.1, -0.05) is 0 Å². The molecule has 4 rings (SSSR count). The van der Waals surface area contributed by atoms with Gasteiger partial charge in [-0.2, -0.15) is 0 Å². The summed E-state index contributed by atoms with van der Waals surface area (Å²) in [6.45, 7) is 2.37. The molecule has 2 amide bonds. The fraction of sp³-hybridized carbons (Fsp3) is 0.722. The number of carbonyl (C=O) groups excluding carboxylic acids is 1. The molecule has 2 heterocycles. The first kappa shape index (κ1) is 16.0. The average Bonchev–Trinajstić information content (AvgIpc) is 3.51. The van der Waals surface area contributed by atoms with E-state index in [0.717, 1.165) is 12.5 Å². The van der Waals surface area contributed by atoms with Crippen molar-refractivity contribution in [3.63, 3.8) is 0 Å². The van der Waals surface area contributed by atoms with Gasteiger partial charge in [0, 0.05) is 19.5 Å². The van der Waals surface area contributed by atoms with Gasteiger partial charge in [0.1, 0.15) is 11.9 Å². The van der Waals surface area contributed by atoms with Gasteiger partial charge in [0.2, 0.25) is 0 Å². The van der Waals surface area contributed by atoms with Crippen LogP contribution < -0.4 is 5.32 Å². The lowest BCUT2D eigenvalue weighted by molar-refractivity contribution is -0.00990. The average molecular weight is 334 g/mol. The number of furan rings is 1. The van der Waals surface area contributed by atoms with Gasteiger partial charge in [-0.15, -0.1) is 0 Å². The predicted molar refractivity (Wildman–Crippen MR) is 87.4 cm³/mol. The maximum absolute atomic E-state index is 12.6. The number of carbonyl (C=O) groups is 1. The number of aliphatic hydroxyl groups excluding tert-OH is 1. The Morgan fingerprint density at radius 2 is 2.29 bits per heavy atom. The van der Waals surface area contributed by atoms with Crippen molar-refractivity contribution in [1.29, 1.82) is 0 Å². The first-order chi connectivity index (χ1) is 11.7. The van der Waals surface area contributed by atoms with E-state index in [1.165, 1.54) is 25.7 Å². The van der Waals surface area contributed by atoms with Crippen LogP contribution in [0.15, 0.2) is 22.8 Å². The molecule has 2 saturated carbocycles. The highest BCUT2D eigenvalue weighted by atomic mass is 16.5. The minimum Gasteiger partial charge on any atom is -0.467 e. The number of rotatable bonds is 6. The van der Waals surface area contributed by atoms with Crippen molar-refractivity contribution in [1.82, 2.24) is 10.2 Å². The standard InChI is InChI=1S/C18H26N2O4/c21-15(16-2-1-8-24-16)10-14-11-23-9-7-20(14)17(22)19-12-18(5-6-18)13-3-4-13/h1-2,8,13-15,21H,3-7,9-12H2,(H,19,22). The van der Waals surface area contributed by atoms with Crippen LogP contribution >= 0.6 is 0 Å². The Morgan fingerprint density at radius 3 is 2.96 bits per heavy atom. The molecule has 1 aliphatic heterocycles. The SMILES string of the molecule is O=C(NCC1(C2CC2)CC1)N1CCOCC1CC(O)c1ccco1. The van der Waals surface area contributed by atoms with Crippen LogP contribution in [-0.4, -0.2) is 48.4 Å². The Kier molecular flexibility index (Phi) is 4.26. The lowest BCUT2D eigenvalue weighted by Gasteiger charge is -2.36. The number of nitrogens with zero attached hydrogens (tertiary/aromatic N) is 1. The summed E-state index contributed by atoms with van der Waals surface area (Å²) in [5, 5.41) is 13.4. The van der Waals surface area contributed by atoms with Crippen molar-refractivity contribution >= 4 is 6.03 Å². The predicted octanol–water partition coefficient (Wildman–Crippen LogP) is 2.30. The van der Waals surface area contributed by atoms with E-state index in [2.05, 4.69) is 5.32 Å². The van der Waals surface area contributed by atoms with E-state index >= 15 is 0 Å². The quantitative estimate of drug-likeness (QED) is 0.837. The highest BCUT2D eigenvalue weighted by molar-refractivity contribution is 5.74. The van der Waals surface area contributed by atoms with Gasteiger partial charge >= 0.3 is 6.03 Å². The highest BCUT2D eigenvalue weighted by Crippen LogP contribution is 2.60. The van der Waals surface area contributed by atoms with Crippen LogP contribution in [0.1, 0.15) is 44.0 Å². The summed E-state index contributed by atoms with van der Waals surface area (Å²) >= 11 is 0. The van der Waals surface area contributed by atoms with E-state index in [4.69, 9.17) is 9.15 Å². The Hall–Kier alpha value is -1.53. The summed E-state index contributed by atoms with van der Waals surface area (Å²) in [5.74, 6) is 1.37. The van der Waals surface area contributed by atoms with Crippen LogP contribution in [0, 0.1) is 11.3 Å². The molecule has 6 heteroatoms. The molecule has 3 fully saturated rings. The molecular weight excluding hydrogens is 308 g/mol. The van der Waals surface area contributed by atoms with E-state index in [1.54, 1.807) is 18.4 Å². The van der Waals surface area contributed by atoms with Crippen LogP contribution in [-0.2, 0) is 4.74 Å². The molecule has 1 aromatic rings. The highest BCUT2D eigenvalue weighted by Gasteiger charge is 2.53. The second-order valence-electron chi connectivity index (χ2n) is 7.48. The first-order valence-electron chi connectivity index (χ1n) is 9.02. The van der Waals surface area contributed by atoms with E-state index in [9.17, 15) is 9.90 Å². The van der Waals surface area contributed by atoms with Crippen LogP contribution in [0.5, 0.6) is 0 Å². The molecule has 2 unspecified atom stereocenters. The molecule has 0 spiro atoms. The van der Waals surface area contributed by atoms with Crippen molar-refractivity contribution in [2.75, 3.05) is 26.3 Å². The number of hydrogen-bond donors (Lipinski definition) is 2. The van der Waals surface area contributed by atoms with Gasteiger partial charge in [-0.3, -0.25) is 0 Å². The second-order valence-corrected chi connectivity index (χ2v) is 7.48.